The first kappa shape index (κ1) is 21.4. The fourth-order valence-corrected chi connectivity index (χ4v) is 3.32. The number of benzene rings is 2. The third-order valence-electron chi connectivity index (χ3n) is 4.80. The Bertz CT molecular complexity index is 952. The number of ether oxygens (including phenoxy) is 2. The summed E-state index contributed by atoms with van der Waals surface area (Å²) in [5.74, 6) is 0.393. The number of aliphatic hydroxyl groups is 1. The molecule has 3 rings (SSSR count). The van der Waals surface area contributed by atoms with Gasteiger partial charge in [-0.05, 0) is 36.2 Å². The third-order valence-corrected chi connectivity index (χ3v) is 4.80. The average Bonchev–Trinajstić information content (AvgIpc) is 3.02. The van der Waals surface area contributed by atoms with Crippen LogP contribution in [0.25, 0.3) is 5.57 Å². The summed E-state index contributed by atoms with van der Waals surface area (Å²) in [6.07, 6.45) is 0.852. The number of rotatable bonds is 9. The van der Waals surface area contributed by atoms with E-state index in [-0.39, 0.29) is 18.8 Å². The summed E-state index contributed by atoms with van der Waals surface area (Å²) in [4.78, 5) is 29.5. The predicted molar refractivity (Wildman–Crippen MR) is 114 cm³/mol. The summed E-state index contributed by atoms with van der Waals surface area (Å²) in [7, 11) is 3.25. The van der Waals surface area contributed by atoms with Gasteiger partial charge in [0.15, 0.2) is 0 Å². The zero-order valence-electron chi connectivity index (χ0n) is 17.4. The minimum atomic E-state index is -0.436. The van der Waals surface area contributed by atoms with E-state index < -0.39 is 11.8 Å². The number of likely N-dealkylation sites (N-methyl/N-ethyl adjacent to an activating group) is 1. The zero-order valence-corrected chi connectivity index (χ0v) is 17.4. The van der Waals surface area contributed by atoms with Crippen LogP contribution in [0.4, 0.5) is 5.69 Å². The Labute approximate surface area is 176 Å². The fourth-order valence-electron chi connectivity index (χ4n) is 3.32. The van der Waals surface area contributed by atoms with Crippen molar-refractivity contribution in [2.75, 3.05) is 38.8 Å². The molecule has 0 saturated carbocycles. The lowest BCUT2D eigenvalue weighted by Gasteiger charge is -2.20. The van der Waals surface area contributed by atoms with Crippen molar-refractivity contribution in [1.82, 2.24) is 4.90 Å². The molecule has 1 aliphatic rings. The predicted octanol–water partition coefficient (Wildman–Crippen LogP) is 2.69. The molecule has 0 aromatic heterocycles. The SMILES string of the molecule is CCCOc1cccc(N2C(=O)C(c3ccc(OC)cc3)=C(N(C)CCO)C2=O)c1. The fraction of sp³-hybridized carbons (Fsp3) is 0.304. The van der Waals surface area contributed by atoms with Gasteiger partial charge in [-0.3, -0.25) is 9.59 Å². The van der Waals surface area contributed by atoms with E-state index in [4.69, 9.17) is 9.47 Å². The second-order valence-corrected chi connectivity index (χ2v) is 6.89. The van der Waals surface area contributed by atoms with Gasteiger partial charge < -0.3 is 19.5 Å². The van der Waals surface area contributed by atoms with Gasteiger partial charge in [0.05, 0.1) is 31.6 Å². The van der Waals surface area contributed by atoms with E-state index in [1.54, 1.807) is 67.6 Å². The van der Waals surface area contributed by atoms with Crippen molar-refractivity contribution < 1.29 is 24.2 Å². The van der Waals surface area contributed by atoms with Crippen LogP contribution in [-0.2, 0) is 9.59 Å². The molecule has 0 unspecified atom stereocenters. The molecule has 0 spiro atoms. The van der Waals surface area contributed by atoms with Crippen LogP contribution in [0.2, 0.25) is 0 Å². The largest absolute Gasteiger partial charge is 0.497 e. The minimum absolute atomic E-state index is 0.141. The number of hydrogen-bond acceptors (Lipinski definition) is 6. The highest BCUT2D eigenvalue weighted by Gasteiger charge is 2.41. The van der Waals surface area contributed by atoms with Crippen LogP contribution in [0, 0.1) is 0 Å². The van der Waals surface area contributed by atoms with Crippen molar-refractivity contribution in [2.24, 2.45) is 0 Å². The monoisotopic (exact) mass is 410 g/mol. The van der Waals surface area contributed by atoms with Gasteiger partial charge in [0.2, 0.25) is 0 Å². The molecule has 1 heterocycles. The minimum Gasteiger partial charge on any atom is -0.497 e. The van der Waals surface area contributed by atoms with Gasteiger partial charge in [-0.25, -0.2) is 4.90 Å². The van der Waals surface area contributed by atoms with E-state index in [0.717, 1.165) is 11.3 Å². The lowest BCUT2D eigenvalue weighted by molar-refractivity contribution is -0.120. The van der Waals surface area contributed by atoms with E-state index in [2.05, 4.69) is 0 Å². The van der Waals surface area contributed by atoms with E-state index in [1.165, 1.54) is 0 Å². The Hall–Kier alpha value is -3.32. The lowest BCUT2D eigenvalue weighted by Crippen LogP contribution is -2.34. The molecule has 1 aliphatic heterocycles. The number of carbonyl (C=O) groups excluding carboxylic acids is 2. The topological polar surface area (TPSA) is 79.3 Å². The van der Waals surface area contributed by atoms with Crippen LogP contribution in [0.1, 0.15) is 18.9 Å². The second kappa shape index (κ2) is 9.45. The first-order valence-electron chi connectivity index (χ1n) is 9.84. The number of aliphatic hydroxyl groups excluding tert-OH is 1. The summed E-state index contributed by atoms with van der Waals surface area (Å²) in [6, 6.07) is 13.9. The molecule has 30 heavy (non-hydrogen) atoms. The van der Waals surface area contributed by atoms with E-state index in [9.17, 15) is 14.7 Å². The van der Waals surface area contributed by atoms with Gasteiger partial charge in [-0.2, -0.15) is 0 Å². The number of nitrogens with zero attached hydrogens (tertiary/aromatic N) is 2. The zero-order chi connectivity index (χ0) is 21.7. The summed E-state index contributed by atoms with van der Waals surface area (Å²) >= 11 is 0. The molecule has 0 aliphatic carbocycles. The molecule has 7 heteroatoms. The summed E-state index contributed by atoms with van der Waals surface area (Å²) in [5, 5.41) is 9.37. The Balaban J connectivity index is 2.04. The number of amides is 2. The van der Waals surface area contributed by atoms with Crippen molar-refractivity contribution in [2.45, 2.75) is 13.3 Å². The highest BCUT2D eigenvalue weighted by atomic mass is 16.5. The number of hydrogen-bond donors (Lipinski definition) is 1. The molecule has 158 valence electrons. The molecule has 0 bridgehead atoms. The van der Waals surface area contributed by atoms with E-state index in [0.29, 0.717) is 34.9 Å². The van der Waals surface area contributed by atoms with Crippen molar-refractivity contribution in [1.29, 1.82) is 0 Å². The number of methoxy groups -OCH3 is 1. The van der Waals surface area contributed by atoms with Crippen molar-refractivity contribution in [3.05, 3.63) is 59.8 Å². The van der Waals surface area contributed by atoms with Gasteiger partial charge in [-0.1, -0.05) is 25.1 Å². The van der Waals surface area contributed by atoms with Gasteiger partial charge in [0, 0.05) is 19.7 Å². The van der Waals surface area contributed by atoms with Gasteiger partial charge in [0.1, 0.15) is 17.2 Å². The number of imide groups is 1. The molecule has 0 atom stereocenters. The van der Waals surface area contributed by atoms with Crippen LogP contribution in [0.15, 0.2) is 54.2 Å². The summed E-state index contributed by atoms with van der Waals surface area (Å²) in [5.41, 5.74) is 1.59. The summed E-state index contributed by atoms with van der Waals surface area (Å²) in [6.45, 7) is 2.64. The molecule has 0 fully saturated rings. The van der Waals surface area contributed by atoms with Gasteiger partial charge in [-0.15, -0.1) is 0 Å². The molecule has 1 N–H and O–H groups in total. The van der Waals surface area contributed by atoms with Crippen LogP contribution in [0.3, 0.4) is 0 Å². The van der Waals surface area contributed by atoms with Crippen molar-refractivity contribution >= 4 is 23.1 Å². The van der Waals surface area contributed by atoms with Gasteiger partial charge >= 0.3 is 0 Å². The maximum absolute atomic E-state index is 13.4. The van der Waals surface area contributed by atoms with Crippen molar-refractivity contribution in [3.8, 4) is 11.5 Å². The maximum Gasteiger partial charge on any atom is 0.282 e. The highest BCUT2D eigenvalue weighted by Crippen LogP contribution is 2.35. The van der Waals surface area contributed by atoms with Crippen LogP contribution in [0.5, 0.6) is 11.5 Å². The average molecular weight is 410 g/mol. The molecule has 2 aromatic carbocycles. The Morgan fingerprint density at radius 2 is 1.77 bits per heavy atom. The Morgan fingerprint density at radius 1 is 1.03 bits per heavy atom. The molecule has 2 aromatic rings. The van der Waals surface area contributed by atoms with Crippen LogP contribution >= 0.6 is 0 Å². The Morgan fingerprint density at radius 3 is 2.40 bits per heavy atom. The molecule has 0 radical (unpaired) electrons. The lowest BCUT2D eigenvalue weighted by atomic mass is 10.0. The standard InChI is InChI=1S/C23H26N2O5/c1-4-14-30-19-7-5-6-17(15-19)25-22(27)20(16-8-10-18(29-3)11-9-16)21(23(25)28)24(2)12-13-26/h5-11,15,26H,4,12-14H2,1-3H3. The molecular weight excluding hydrogens is 384 g/mol. The molecular formula is C23H26N2O5. The third kappa shape index (κ3) is 4.16. The van der Waals surface area contributed by atoms with E-state index in [1.807, 2.05) is 6.92 Å². The number of anilines is 1. The first-order valence-corrected chi connectivity index (χ1v) is 9.84. The Kier molecular flexibility index (Phi) is 6.74. The normalized spacial score (nSPS) is 13.8. The van der Waals surface area contributed by atoms with Gasteiger partial charge in [0.25, 0.3) is 11.8 Å². The highest BCUT2D eigenvalue weighted by molar-refractivity contribution is 6.45. The smallest absolute Gasteiger partial charge is 0.282 e. The first-order chi connectivity index (χ1) is 14.5. The van der Waals surface area contributed by atoms with Crippen LogP contribution < -0.4 is 14.4 Å². The van der Waals surface area contributed by atoms with Crippen molar-refractivity contribution in [3.63, 3.8) is 0 Å². The molecule has 2 amide bonds. The van der Waals surface area contributed by atoms with E-state index >= 15 is 0 Å². The summed E-state index contributed by atoms with van der Waals surface area (Å²) < 4.78 is 10.8. The quantitative estimate of drug-likeness (QED) is 0.641. The molecule has 7 nitrogen and oxygen atoms in total. The molecule has 0 saturated heterocycles. The van der Waals surface area contributed by atoms with Crippen LogP contribution in [-0.4, -0.2) is 55.7 Å². The number of carbonyl (C=O) groups is 2. The maximum atomic E-state index is 13.4. The second-order valence-electron chi connectivity index (χ2n) is 6.89.